The predicted molar refractivity (Wildman–Crippen MR) is 61.0 cm³/mol. The van der Waals surface area contributed by atoms with Crippen LogP contribution in [0.15, 0.2) is 18.3 Å². The Hall–Kier alpha value is -2.02. The summed E-state index contributed by atoms with van der Waals surface area (Å²) in [6.45, 7) is 4.31. The van der Waals surface area contributed by atoms with Crippen LogP contribution < -0.4 is 10.1 Å². The number of hydrogen-bond acceptors (Lipinski definition) is 3. The highest BCUT2D eigenvalue weighted by Gasteiger charge is 1.92. The number of amides is 1. The maximum absolute atomic E-state index is 10.6. The zero-order valence-corrected chi connectivity index (χ0v) is 9.41. The van der Waals surface area contributed by atoms with Crippen LogP contribution in [0, 0.1) is 11.8 Å². The van der Waals surface area contributed by atoms with E-state index in [1.165, 1.54) is 6.92 Å². The molecule has 0 aliphatic rings. The van der Waals surface area contributed by atoms with Crippen molar-refractivity contribution in [3.63, 3.8) is 0 Å². The van der Waals surface area contributed by atoms with Crippen LogP contribution in [-0.4, -0.2) is 24.0 Å². The Labute approximate surface area is 95.0 Å². The molecule has 1 amide bonds. The van der Waals surface area contributed by atoms with Gasteiger partial charge in [-0.1, -0.05) is 11.8 Å². The molecule has 0 aromatic carbocycles. The molecule has 1 rings (SSSR count). The third-order valence-corrected chi connectivity index (χ3v) is 1.69. The van der Waals surface area contributed by atoms with Gasteiger partial charge in [0.15, 0.2) is 0 Å². The summed E-state index contributed by atoms with van der Waals surface area (Å²) in [6.07, 6.45) is 1.64. The largest absolute Gasteiger partial charge is 0.478 e. The van der Waals surface area contributed by atoms with E-state index < -0.39 is 0 Å². The summed E-state index contributed by atoms with van der Waals surface area (Å²) in [5.74, 6) is 6.22. The molecule has 1 heterocycles. The Morgan fingerprint density at radius 2 is 2.38 bits per heavy atom. The molecule has 0 aliphatic carbocycles. The molecule has 1 aromatic rings. The van der Waals surface area contributed by atoms with E-state index in [2.05, 4.69) is 22.1 Å². The van der Waals surface area contributed by atoms with Gasteiger partial charge < -0.3 is 10.1 Å². The van der Waals surface area contributed by atoms with Gasteiger partial charge >= 0.3 is 0 Å². The van der Waals surface area contributed by atoms with Gasteiger partial charge in [0.25, 0.3) is 0 Å². The number of ether oxygens (including phenoxy) is 1. The first kappa shape index (κ1) is 12.1. The van der Waals surface area contributed by atoms with E-state index in [-0.39, 0.29) is 5.91 Å². The monoisotopic (exact) mass is 218 g/mol. The summed E-state index contributed by atoms with van der Waals surface area (Å²) < 4.78 is 5.20. The van der Waals surface area contributed by atoms with Crippen LogP contribution in [0.2, 0.25) is 0 Å². The predicted octanol–water partition coefficient (Wildman–Crippen LogP) is 0.968. The number of carbonyl (C=O) groups is 1. The fraction of sp³-hybridized carbons (Fsp3) is 0.333. The molecule has 0 saturated heterocycles. The van der Waals surface area contributed by atoms with E-state index >= 15 is 0 Å². The van der Waals surface area contributed by atoms with Crippen molar-refractivity contribution < 1.29 is 9.53 Å². The average Bonchev–Trinajstić information content (AvgIpc) is 2.27. The fourth-order valence-corrected chi connectivity index (χ4v) is 1.00. The van der Waals surface area contributed by atoms with Gasteiger partial charge in [-0.15, -0.1) is 0 Å². The minimum Gasteiger partial charge on any atom is -0.478 e. The van der Waals surface area contributed by atoms with E-state index in [0.29, 0.717) is 19.0 Å². The smallest absolute Gasteiger partial charge is 0.217 e. The fourth-order valence-electron chi connectivity index (χ4n) is 1.00. The van der Waals surface area contributed by atoms with Gasteiger partial charge in [0.2, 0.25) is 11.8 Å². The second-order valence-electron chi connectivity index (χ2n) is 3.03. The van der Waals surface area contributed by atoms with Gasteiger partial charge in [-0.2, -0.15) is 0 Å². The first-order valence-electron chi connectivity index (χ1n) is 5.04. The number of nitrogens with one attached hydrogen (secondary N) is 1. The summed E-state index contributed by atoms with van der Waals surface area (Å²) in [6, 6.07) is 3.60. The second-order valence-corrected chi connectivity index (χ2v) is 3.03. The lowest BCUT2D eigenvalue weighted by Gasteiger charge is -1.99. The maximum atomic E-state index is 10.6. The Morgan fingerprint density at radius 1 is 1.56 bits per heavy atom. The molecule has 0 bridgehead atoms. The van der Waals surface area contributed by atoms with Gasteiger partial charge in [0.1, 0.15) is 0 Å². The molecule has 84 valence electrons. The van der Waals surface area contributed by atoms with Crippen molar-refractivity contribution in [1.82, 2.24) is 10.3 Å². The maximum Gasteiger partial charge on any atom is 0.217 e. The molecular formula is C12H14N2O2. The van der Waals surface area contributed by atoms with Crippen LogP contribution >= 0.6 is 0 Å². The molecule has 0 saturated carbocycles. The zero-order valence-electron chi connectivity index (χ0n) is 9.41. The molecule has 0 atom stereocenters. The molecule has 1 aromatic heterocycles. The van der Waals surface area contributed by atoms with Crippen molar-refractivity contribution in [2.75, 3.05) is 13.2 Å². The molecule has 1 N–H and O–H groups in total. The Balaban J connectivity index is 2.51. The van der Waals surface area contributed by atoms with E-state index in [9.17, 15) is 4.79 Å². The number of nitrogens with zero attached hydrogens (tertiary/aromatic N) is 1. The van der Waals surface area contributed by atoms with Gasteiger partial charge in [0.05, 0.1) is 13.2 Å². The molecule has 4 nitrogen and oxygen atoms in total. The van der Waals surface area contributed by atoms with Crippen LogP contribution in [0.5, 0.6) is 5.88 Å². The van der Waals surface area contributed by atoms with Crippen molar-refractivity contribution in [2.45, 2.75) is 13.8 Å². The van der Waals surface area contributed by atoms with Crippen molar-refractivity contribution in [3.8, 4) is 17.7 Å². The van der Waals surface area contributed by atoms with Crippen LogP contribution in [0.4, 0.5) is 0 Å². The first-order chi connectivity index (χ1) is 7.72. The van der Waals surface area contributed by atoms with E-state index in [4.69, 9.17) is 4.74 Å². The van der Waals surface area contributed by atoms with Crippen LogP contribution in [-0.2, 0) is 4.79 Å². The molecular weight excluding hydrogens is 204 g/mol. The average molecular weight is 218 g/mol. The molecule has 0 aliphatic heterocycles. The molecule has 0 unspecified atom stereocenters. The lowest BCUT2D eigenvalue weighted by Crippen LogP contribution is -2.19. The van der Waals surface area contributed by atoms with Crippen molar-refractivity contribution in [2.24, 2.45) is 0 Å². The Bertz CT molecular complexity index is 401. The number of hydrogen-bond donors (Lipinski definition) is 1. The summed E-state index contributed by atoms with van der Waals surface area (Å²) >= 11 is 0. The van der Waals surface area contributed by atoms with Crippen molar-refractivity contribution in [1.29, 1.82) is 0 Å². The number of aromatic nitrogens is 1. The highest BCUT2D eigenvalue weighted by molar-refractivity contribution is 5.73. The normalized spacial score (nSPS) is 8.88. The molecule has 16 heavy (non-hydrogen) atoms. The minimum absolute atomic E-state index is 0.0841. The van der Waals surface area contributed by atoms with E-state index in [0.717, 1.165) is 5.56 Å². The molecule has 0 spiro atoms. The summed E-state index contributed by atoms with van der Waals surface area (Å²) in [7, 11) is 0. The number of rotatable bonds is 3. The van der Waals surface area contributed by atoms with Crippen LogP contribution in [0.3, 0.4) is 0 Å². The molecule has 4 heteroatoms. The van der Waals surface area contributed by atoms with Crippen molar-refractivity contribution >= 4 is 5.91 Å². The second kappa shape index (κ2) is 6.46. The van der Waals surface area contributed by atoms with Crippen LogP contribution in [0.25, 0.3) is 0 Å². The summed E-state index contributed by atoms with van der Waals surface area (Å²) in [4.78, 5) is 14.6. The highest BCUT2D eigenvalue weighted by Crippen LogP contribution is 2.05. The van der Waals surface area contributed by atoms with Gasteiger partial charge in [-0.3, -0.25) is 4.79 Å². The SMILES string of the molecule is CCOc1ccc(C#CCNC(C)=O)cn1. The van der Waals surface area contributed by atoms with E-state index in [1.807, 2.05) is 13.0 Å². The molecule has 0 radical (unpaired) electrons. The minimum atomic E-state index is -0.0841. The Kier molecular flexibility index (Phi) is 4.87. The quantitative estimate of drug-likeness (QED) is 0.769. The van der Waals surface area contributed by atoms with Gasteiger partial charge in [-0.25, -0.2) is 4.98 Å². The first-order valence-corrected chi connectivity index (χ1v) is 5.04. The molecule has 0 fully saturated rings. The summed E-state index contributed by atoms with van der Waals surface area (Å²) in [5, 5.41) is 2.59. The third-order valence-electron chi connectivity index (χ3n) is 1.69. The zero-order chi connectivity index (χ0) is 11.8. The van der Waals surface area contributed by atoms with E-state index in [1.54, 1.807) is 12.3 Å². The standard InChI is InChI=1S/C12H14N2O2/c1-3-16-12-7-6-11(9-14-12)5-4-8-13-10(2)15/h6-7,9H,3,8H2,1-2H3,(H,13,15). The summed E-state index contributed by atoms with van der Waals surface area (Å²) in [5.41, 5.74) is 0.800. The Morgan fingerprint density at radius 3 is 2.94 bits per heavy atom. The van der Waals surface area contributed by atoms with Gasteiger partial charge in [0, 0.05) is 24.8 Å². The van der Waals surface area contributed by atoms with Gasteiger partial charge in [-0.05, 0) is 13.0 Å². The number of pyridine rings is 1. The third kappa shape index (κ3) is 4.47. The lowest BCUT2D eigenvalue weighted by atomic mass is 10.3. The lowest BCUT2D eigenvalue weighted by molar-refractivity contribution is -0.118. The number of carbonyl (C=O) groups excluding carboxylic acids is 1. The topological polar surface area (TPSA) is 51.2 Å². The van der Waals surface area contributed by atoms with Crippen LogP contribution in [0.1, 0.15) is 19.4 Å². The van der Waals surface area contributed by atoms with Crippen molar-refractivity contribution in [3.05, 3.63) is 23.9 Å². The highest BCUT2D eigenvalue weighted by atomic mass is 16.5.